The molecule has 1 aliphatic rings. The van der Waals surface area contributed by atoms with Crippen LogP contribution in [-0.2, 0) is 21.2 Å². The fourth-order valence-electron chi connectivity index (χ4n) is 3.50. The molecule has 0 fully saturated rings. The van der Waals surface area contributed by atoms with Crippen LogP contribution in [0.1, 0.15) is 48.9 Å². The summed E-state index contributed by atoms with van der Waals surface area (Å²) in [5, 5.41) is 8.76. The van der Waals surface area contributed by atoms with Crippen LogP contribution in [0.4, 0.5) is 0 Å². The minimum absolute atomic E-state index is 0.165. The van der Waals surface area contributed by atoms with Crippen molar-refractivity contribution in [3.63, 3.8) is 0 Å². The lowest BCUT2D eigenvalue weighted by molar-refractivity contribution is -0.138. The molecule has 0 saturated carbocycles. The summed E-state index contributed by atoms with van der Waals surface area (Å²) in [5.41, 5.74) is 13.7. The third kappa shape index (κ3) is 4.99. The molecule has 9 nitrogen and oxygen atoms in total. The van der Waals surface area contributed by atoms with E-state index in [0.717, 1.165) is 16.9 Å². The fraction of sp³-hybridized carbons (Fsp3) is 0.579. The normalized spacial score (nSPS) is 16.8. The van der Waals surface area contributed by atoms with E-state index in [-0.39, 0.29) is 23.8 Å². The Balaban J connectivity index is 2.23. The van der Waals surface area contributed by atoms with E-state index >= 15 is 0 Å². The van der Waals surface area contributed by atoms with Crippen molar-refractivity contribution in [2.45, 2.75) is 70.4 Å². The number of guanidine groups is 1. The fourth-order valence-corrected chi connectivity index (χ4v) is 5.03. The molecular weight excluding hydrogens is 397 g/mol. The van der Waals surface area contributed by atoms with E-state index in [1.807, 2.05) is 20.8 Å². The van der Waals surface area contributed by atoms with Gasteiger partial charge in [-0.3, -0.25) is 9.79 Å². The molecule has 0 aliphatic carbocycles. The molecule has 162 valence electrons. The topological polar surface area (TPSA) is 157 Å². The predicted molar refractivity (Wildman–Crippen MR) is 111 cm³/mol. The number of benzene rings is 1. The molecule has 0 amide bonds. The average Bonchev–Trinajstić information content (AvgIpc) is 2.92. The molecule has 10 heteroatoms. The first-order chi connectivity index (χ1) is 13.3. The van der Waals surface area contributed by atoms with Crippen molar-refractivity contribution in [1.29, 1.82) is 0 Å². The number of rotatable bonds is 7. The number of ether oxygens (including phenoxy) is 1. The first-order valence-electron chi connectivity index (χ1n) is 9.39. The molecule has 1 aliphatic heterocycles. The number of aliphatic imine (C=N–C) groups is 1. The average molecular weight is 428 g/mol. The van der Waals surface area contributed by atoms with E-state index in [1.165, 1.54) is 0 Å². The smallest absolute Gasteiger partial charge is 0.320 e. The summed E-state index contributed by atoms with van der Waals surface area (Å²) in [6.45, 7) is 9.45. The van der Waals surface area contributed by atoms with Crippen LogP contribution >= 0.6 is 0 Å². The van der Waals surface area contributed by atoms with Gasteiger partial charge in [-0.2, -0.15) is 0 Å². The third-order valence-electron chi connectivity index (χ3n) is 5.07. The van der Waals surface area contributed by atoms with Crippen LogP contribution in [0.25, 0.3) is 0 Å². The lowest BCUT2D eigenvalue weighted by Crippen LogP contribution is -2.38. The Morgan fingerprint density at radius 2 is 1.90 bits per heavy atom. The number of carboxylic acids is 1. The standard InChI is InChI=1S/C19H30N4O5S/c1-10-11(2)16(12(3)13-9-19(4,5)28-15(10)13)29(26,27)23-18(21)22-8-6-7-14(20)17(24)25/h14H,6-9,20H2,1-5H3,(H,24,25)(H3,21,22,23)/t14-/m0/s1/i14+1. The van der Waals surface area contributed by atoms with Gasteiger partial charge in [0.05, 0.1) is 4.90 Å². The minimum atomic E-state index is -3.95. The number of fused-ring (bicyclic) bond motifs is 1. The highest BCUT2D eigenvalue weighted by molar-refractivity contribution is 7.90. The molecule has 1 aromatic rings. The number of sulfonamides is 1. The van der Waals surface area contributed by atoms with Gasteiger partial charge in [-0.25, -0.2) is 13.1 Å². The molecule has 6 N–H and O–H groups in total. The predicted octanol–water partition coefficient (Wildman–Crippen LogP) is 1.11. The number of nitrogens with zero attached hydrogens (tertiary/aromatic N) is 1. The Labute approximate surface area is 171 Å². The van der Waals surface area contributed by atoms with E-state index in [9.17, 15) is 13.2 Å². The molecule has 2 rings (SSSR count). The van der Waals surface area contributed by atoms with E-state index < -0.39 is 27.6 Å². The highest BCUT2D eigenvalue weighted by atomic mass is 32.2. The molecule has 0 bridgehead atoms. The minimum Gasteiger partial charge on any atom is -0.487 e. The molecule has 1 atom stereocenters. The number of carboxylic acid groups (broad SMARTS) is 1. The summed E-state index contributed by atoms with van der Waals surface area (Å²) in [4.78, 5) is 14.9. The molecule has 0 unspecified atom stereocenters. The Bertz CT molecular complexity index is 954. The number of carbonyl (C=O) groups is 1. The molecular formula is C19H30N4O5S. The van der Waals surface area contributed by atoms with Gasteiger partial charge in [-0.1, -0.05) is 0 Å². The zero-order chi connectivity index (χ0) is 22.1. The van der Waals surface area contributed by atoms with Gasteiger partial charge in [0.15, 0.2) is 0 Å². The molecule has 0 aromatic heterocycles. The van der Waals surface area contributed by atoms with Crippen molar-refractivity contribution < 1.29 is 23.1 Å². The number of nitrogens with one attached hydrogen (secondary N) is 1. The molecule has 1 heterocycles. The number of aliphatic carboxylic acids is 1. The monoisotopic (exact) mass is 427 g/mol. The summed E-state index contributed by atoms with van der Waals surface area (Å²) in [7, 11) is -3.95. The van der Waals surface area contributed by atoms with Crippen LogP contribution in [0.5, 0.6) is 5.75 Å². The van der Waals surface area contributed by atoms with E-state index in [1.54, 1.807) is 13.8 Å². The SMILES string of the molecule is Cc1c(C)c(S(=O)(=O)NC(N)=NCCC[13C@H](N)C(=O)O)c(C)c2c1OC(C)(C)C2. The zero-order valence-corrected chi connectivity index (χ0v) is 18.3. The van der Waals surface area contributed by atoms with E-state index in [2.05, 4.69) is 9.71 Å². The molecule has 0 spiro atoms. The Hall–Kier alpha value is -2.33. The maximum absolute atomic E-state index is 13.0. The largest absolute Gasteiger partial charge is 0.487 e. The third-order valence-corrected chi connectivity index (χ3v) is 6.70. The van der Waals surface area contributed by atoms with Gasteiger partial charge in [-0.05, 0) is 64.2 Å². The van der Waals surface area contributed by atoms with Crippen LogP contribution in [0.15, 0.2) is 9.89 Å². The second-order valence-electron chi connectivity index (χ2n) is 8.01. The highest BCUT2D eigenvalue weighted by Crippen LogP contribution is 2.43. The van der Waals surface area contributed by atoms with Crippen LogP contribution < -0.4 is 20.9 Å². The van der Waals surface area contributed by atoms with Gasteiger partial charge in [0.25, 0.3) is 10.0 Å². The van der Waals surface area contributed by atoms with Gasteiger partial charge in [0, 0.05) is 18.5 Å². The Morgan fingerprint density at radius 3 is 2.48 bits per heavy atom. The highest BCUT2D eigenvalue weighted by Gasteiger charge is 2.36. The van der Waals surface area contributed by atoms with Gasteiger partial charge in [-0.15, -0.1) is 0 Å². The van der Waals surface area contributed by atoms with Gasteiger partial charge in [0.2, 0.25) is 5.96 Å². The summed E-state index contributed by atoms with van der Waals surface area (Å²) in [6.07, 6.45) is 1.21. The van der Waals surface area contributed by atoms with Gasteiger partial charge < -0.3 is 21.3 Å². The van der Waals surface area contributed by atoms with Crippen LogP contribution in [0.2, 0.25) is 0 Å². The van der Waals surface area contributed by atoms with Crippen molar-refractivity contribution in [1.82, 2.24) is 4.72 Å². The van der Waals surface area contributed by atoms with Crippen LogP contribution in [0.3, 0.4) is 0 Å². The van der Waals surface area contributed by atoms with Crippen LogP contribution in [-0.4, -0.2) is 43.6 Å². The van der Waals surface area contributed by atoms with E-state index in [0.29, 0.717) is 24.0 Å². The first-order valence-corrected chi connectivity index (χ1v) is 10.9. The van der Waals surface area contributed by atoms with Gasteiger partial charge >= 0.3 is 5.97 Å². The van der Waals surface area contributed by atoms with Crippen molar-refractivity contribution in [2.24, 2.45) is 16.5 Å². The lowest BCUT2D eigenvalue weighted by Gasteiger charge is -2.19. The molecule has 29 heavy (non-hydrogen) atoms. The summed E-state index contributed by atoms with van der Waals surface area (Å²) < 4.78 is 34.4. The quantitative estimate of drug-likeness (QED) is 0.220. The summed E-state index contributed by atoms with van der Waals surface area (Å²) in [5.74, 6) is -0.587. The summed E-state index contributed by atoms with van der Waals surface area (Å²) in [6, 6.07) is -0.978. The first kappa shape index (κ1) is 23.0. The van der Waals surface area contributed by atoms with Crippen LogP contribution in [0, 0.1) is 20.8 Å². The zero-order valence-electron chi connectivity index (χ0n) is 17.5. The molecule has 1 aromatic carbocycles. The Morgan fingerprint density at radius 1 is 1.28 bits per heavy atom. The summed E-state index contributed by atoms with van der Waals surface area (Å²) >= 11 is 0. The molecule has 0 saturated heterocycles. The Kier molecular flexibility index (Phi) is 6.48. The van der Waals surface area contributed by atoms with Crippen molar-refractivity contribution in [3.05, 3.63) is 22.3 Å². The maximum atomic E-state index is 13.0. The number of nitrogens with two attached hydrogens (primary N) is 2. The van der Waals surface area contributed by atoms with Crippen molar-refractivity contribution in [3.8, 4) is 5.75 Å². The van der Waals surface area contributed by atoms with Gasteiger partial charge in [0.1, 0.15) is 17.4 Å². The van der Waals surface area contributed by atoms with Crippen molar-refractivity contribution >= 4 is 22.0 Å². The number of hydrogen-bond acceptors (Lipinski definition) is 6. The second-order valence-corrected chi connectivity index (χ2v) is 9.63. The molecule has 0 radical (unpaired) electrons. The lowest BCUT2D eigenvalue weighted by atomic mass is 9.94. The maximum Gasteiger partial charge on any atom is 0.320 e. The second kappa shape index (κ2) is 8.19. The van der Waals surface area contributed by atoms with E-state index in [4.69, 9.17) is 21.3 Å². The van der Waals surface area contributed by atoms with Crippen molar-refractivity contribution in [2.75, 3.05) is 6.54 Å². The number of hydrogen-bond donors (Lipinski definition) is 4.